The number of likely N-dealkylation sites (N-methyl/N-ethyl adjacent to an activating group) is 1. The van der Waals surface area contributed by atoms with Crippen LogP contribution in [0.1, 0.15) is 30.0 Å². The van der Waals surface area contributed by atoms with Gasteiger partial charge in [0.15, 0.2) is 5.96 Å². The van der Waals surface area contributed by atoms with E-state index in [2.05, 4.69) is 55.5 Å². The van der Waals surface area contributed by atoms with Gasteiger partial charge in [0.25, 0.3) is 0 Å². The molecule has 0 aliphatic rings. The van der Waals surface area contributed by atoms with Gasteiger partial charge in [0.1, 0.15) is 0 Å². The maximum Gasteiger partial charge on any atom is 0.191 e. The van der Waals surface area contributed by atoms with E-state index in [1.807, 2.05) is 11.3 Å². The summed E-state index contributed by atoms with van der Waals surface area (Å²) in [5.41, 5.74) is 0. The van der Waals surface area contributed by atoms with Crippen LogP contribution in [0.2, 0.25) is 0 Å². The van der Waals surface area contributed by atoms with Gasteiger partial charge < -0.3 is 20.3 Å². The van der Waals surface area contributed by atoms with Gasteiger partial charge in [-0.05, 0) is 52.9 Å². The van der Waals surface area contributed by atoms with Crippen LogP contribution in [-0.4, -0.2) is 63.8 Å². The molecule has 7 heteroatoms. The molecule has 0 aliphatic carbocycles. The van der Waals surface area contributed by atoms with E-state index in [4.69, 9.17) is 9.73 Å². The van der Waals surface area contributed by atoms with E-state index in [0.29, 0.717) is 6.04 Å². The summed E-state index contributed by atoms with van der Waals surface area (Å²) >= 11 is 1.87. The summed E-state index contributed by atoms with van der Waals surface area (Å²) in [5.74, 6) is 0.915. The van der Waals surface area contributed by atoms with Crippen LogP contribution in [0.5, 0.6) is 0 Å². The zero-order valence-corrected chi connectivity index (χ0v) is 19.4. The Morgan fingerprint density at radius 2 is 2.12 bits per heavy atom. The van der Waals surface area contributed by atoms with Crippen LogP contribution in [0, 0.1) is 6.92 Å². The Bertz CT molecular complexity index is 481. The third-order valence-electron chi connectivity index (χ3n) is 3.68. The molecule has 25 heavy (non-hydrogen) atoms. The van der Waals surface area contributed by atoms with Gasteiger partial charge in [-0.25, -0.2) is 0 Å². The Labute approximate surface area is 174 Å². The van der Waals surface area contributed by atoms with Gasteiger partial charge in [-0.3, -0.25) is 4.99 Å². The molecule has 5 nitrogen and oxygen atoms in total. The van der Waals surface area contributed by atoms with Crippen molar-refractivity contribution >= 4 is 41.3 Å². The number of nitrogens with zero attached hydrogens (tertiary/aromatic N) is 2. The van der Waals surface area contributed by atoms with Crippen LogP contribution in [0.4, 0.5) is 0 Å². The molecule has 1 atom stereocenters. The molecule has 1 rings (SSSR count). The summed E-state index contributed by atoms with van der Waals surface area (Å²) in [4.78, 5) is 9.76. The van der Waals surface area contributed by atoms with Crippen molar-refractivity contribution in [2.75, 3.05) is 46.9 Å². The first-order valence-corrected chi connectivity index (χ1v) is 9.64. The highest BCUT2D eigenvalue weighted by Gasteiger charge is 2.07. The fourth-order valence-electron chi connectivity index (χ4n) is 2.39. The maximum absolute atomic E-state index is 5.09. The number of hydrogen-bond donors (Lipinski definition) is 2. The average molecular weight is 482 g/mol. The predicted molar refractivity (Wildman–Crippen MR) is 121 cm³/mol. The minimum atomic E-state index is 0. The number of methoxy groups -OCH3 is 1. The molecule has 1 aromatic heterocycles. The topological polar surface area (TPSA) is 48.9 Å². The number of ether oxygens (including phenoxy) is 1. The summed E-state index contributed by atoms with van der Waals surface area (Å²) in [6, 6.07) is 4.77. The van der Waals surface area contributed by atoms with Gasteiger partial charge in [0, 0.05) is 49.0 Å². The normalized spacial score (nSPS) is 12.8. The van der Waals surface area contributed by atoms with Crippen LogP contribution in [-0.2, 0) is 11.2 Å². The van der Waals surface area contributed by atoms with Crippen molar-refractivity contribution in [1.82, 2.24) is 15.5 Å². The molecule has 0 bridgehead atoms. The molecule has 1 unspecified atom stereocenters. The molecule has 1 heterocycles. The van der Waals surface area contributed by atoms with Gasteiger partial charge >= 0.3 is 0 Å². The molecular weight excluding hydrogens is 447 g/mol. The van der Waals surface area contributed by atoms with Gasteiger partial charge in [-0.1, -0.05) is 0 Å². The standard InChI is InChI=1S/C18H34N4OS.HI/c1-6-19-18(20-10-7-11-22(4)12-13-23-5)21-15(2)14-17-9-8-16(3)24-17;/h8-9,15H,6-7,10-14H2,1-5H3,(H2,19,20,21);1H. The number of halogens is 1. The number of thiophene rings is 1. The van der Waals surface area contributed by atoms with Crippen LogP contribution in [0.25, 0.3) is 0 Å². The van der Waals surface area contributed by atoms with E-state index in [1.165, 1.54) is 9.75 Å². The molecule has 0 saturated carbocycles. The number of aryl methyl sites for hydroxylation is 1. The number of aliphatic imine (C=N–C) groups is 1. The fourth-order valence-corrected chi connectivity index (χ4v) is 3.41. The van der Waals surface area contributed by atoms with Crippen molar-refractivity contribution in [2.45, 2.75) is 39.7 Å². The van der Waals surface area contributed by atoms with Crippen molar-refractivity contribution in [2.24, 2.45) is 4.99 Å². The molecule has 1 aromatic rings. The van der Waals surface area contributed by atoms with Crippen molar-refractivity contribution in [1.29, 1.82) is 0 Å². The minimum absolute atomic E-state index is 0. The number of hydrogen-bond acceptors (Lipinski definition) is 4. The lowest BCUT2D eigenvalue weighted by Gasteiger charge is -2.18. The molecule has 0 spiro atoms. The lowest BCUT2D eigenvalue weighted by Crippen LogP contribution is -2.43. The van der Waals surface area contributed by atoms with Crippen molar-refractivity contribution in [3.05, 3.63) is 21.9 Å². The molecule has 0 amide bonds. The maximum atomic E-state index is 5.09. The average Bonchev–Trinajstić information content (AvgIpc) is 2.94. The molecule has 0 aromatic carbocycles. The minimum Gasteiger partial charge on any atom is -0.383 e. The number of nitrogens with one attached hydrogen (secondary N) is 2. The van der Waals surface area contributed by atoms with Crippen LogP contribution >= 0.6 is 35.3 Å². The summed E-state index contributed by atoms with van der Waals surface area (Å²) < 4.78 is 5.09. The van der Waals surface area contributed by atoms with Gasteiger partial charge in [-0.15, -0.1) is 35.3 Å². The van der Waals surface area contributed by atoms with E-state index >= 15 is 0 Å². The van der Waals surface area contributed by atoms with E-state index in [1.54, 1.807) is 7.11 Å². The second kappa shape index (κ2) is 14.8. The summed E-state index contributed by atoms with van der Waals surface area (Å²) in [6.45, 7) is 11.0. The molecule has 146 valence electrons. The SMILES string of the molecule is CCNC(=NCCCN(C)CCOC)NC(C)Cc1ccc(C)s1.I. The van der Waals surface area contributed by atoms with E-state index in [-0.39, 0.29) is 24.0 Å². The van der Waals surface area contributed by atoms with Crippen molar-refractivity contribution in [3.8, 4) is 0 Å². The molecular formula is C18H35IN4OS. The monoisotopic (exact) mass is 482 g/mol. The Kier molecular flexibility index (Phi) is 14.5. The van der Waals surface area contributed by atoms with Crippen LogP contribution < -0.4 is 10.6 Å². The Balaban J connectivity index is 0.00000576. The second-order valence-corrected chi connectivity index (χ2v) is 7.54. The second-order valence-electron chi connectivity index (χ2n) is 6.17. The first-order chi connectivity index (χ1) is 11.5. The summed E-state index contributed by atoms with van der Waals surface area (Å²) in [5, 5.41) is 6.85. The van der Waals surface area contributed by atoms with Gasteiger partial charge in [0.05, 0.1) is 6.61 Å². The predicted octanol–water partition coefficient (Wildman–Crippen LogP) is 3.13. The van der Waals surface area contributed by atoms with E-state index in [9.17, 15) is 0 Å². The quantitative estimate of drug-likeness (QED) is 0.220. The van der Waals surface area contributed by atoms with Crippen LogP contribution in [0.3, 0.4) is 0 Å². The zero-order chi connectivity index (χ0) is 17.8. The van der Waals surface area contributed by atoms with Crippen molar-refractivity contribution in [3.63, 3.8) is 0 Å². The Hall–Kier alpha value is -0.380. The molecule has 2 N–H and O–H groups in total. The van der Waals surface area contributed by atoms with Crippen LogP contribution in [0.15, 0.2) is 17.1 Å². The Morgan fingerprint density at radius 1 is 1.36 bits per heavy atom. The summed E-state index contributed by atoms with van der Waals surface area (Å²) in [6.07, 6.45) is 2.08. The lowest BCUT2D eigenvalue weighted by atomic mass is 10.2. The van der Waals surface area contributed by atoms with Gasteiger partial charge in [0.2, 0.25) is 0 Å². The van der Waals surface area contributed by atoms with E-state index < -0.39 is 0 Å². The molecule has 0 fully saturated rings. The smallest absolute Gasteiger partial charge is 0.191 e. The highest BCUT2D eigenvalue weighted by atomic mass is 127. The lowest BCUT2D eigenvalue weighted by molar-refractivity contribution is 0.161. The number of rotatable bonds is 11. The zero-order valence-electron chi connectivity index (χ0n) is 16.3. The molecule has 0 radical (unpaired) electrons. The van der Waals surface area contributed by atoms with Crippen molar-refractivity contribution < 1.29 is 4.74 Å². The first-order valence-electron chi connectivity index (χ1n) is 8.82. The number of guanidine groups is 1. The molecule has 0 saturated heterocycles. The third-order valence-corrected chi connectivity index (χ3v) is 4.70. The first kappa shape index (κ1) is 24.6. The van der Waals surface area contributed by atoms with E-state index in [0.717, 1.165) is 51.6 Å². The highest BCUT2D eigenvalue weighted by molar-refractivity contribution is 14.0. The third kappa shape index (κ3) is 11.8. The molecule has 0 aliphatic heterocycles. The highest BCUT2D eigenvalue weighted by Crippen LogP contribution is 2.16. The Morgan fingerprint density at radius 3 is 2.72 bits per heavy atom. The largest absolute Gasteiger partial charge is 0.383 e. The van der Waals surface area contributed by atoms with Gasteiger partial charge in [-0.2, -0.15) is 0 Å². The fraction of sp³-hybridized carbons (Fsp3) is 0.722. The summed E-state index contributed by atoms with van der Waals surface area (Å²) in [7, 11) is 3.86.